The summed E-state index contributed by atoms with van der Waals surface area (Å²) in [4.78, 5) is 4.26. The summed E-state index contributed by atoms with van der Waals surface area (Å²) in [7, 11) is 1.64. The second-order valence-electron chi connectivity index (χ2n) is 4.88. The SMILES string of the molecule is CCCNC(C)c1ccnc(Oc2cccc(OC)c2)c1. The first-order valence-corrected chi connectivity index (χ1v) is 7.24. The Morgan fingerprint density at radius 3 is 2.76 bits per heavy atom. The standard InChI is InChI=1S/C17H22N2O2/c1-4-9-18-13(2)14-8-10-19-17(11-14)21-16-7-5-6-15(12-16)20-3/h5-8,10-13,18H,4,9H2,1-3H3. The molecule has 1 N–H and O–H groups in total. The van der Waals surface area contributed by atoms with Crippen molar-refractivity contribution in [2.45, 2.75) is 26.3 Å². The molecule has 1 aromatic carbocycles. The van der Waals surface area contributed by atoms with Crippen LogP contribution in [-0.2, 0) is 0 Å². The number of methoxy groups -OCH3 is 1. The Balaban J connectivity index is 2.09. The zero-order valence-corrected chi connectivity index (χ0v) is 12.8. The van der Waals surface area contributed by atoms with E-state index >= 15 is 0 Å². The van der Waals surface area contributed by atoms with Crippen LogP contribution < -0.4 is 14.8 Å². The third kappa shape index (κ3) is 4.46. The molecule has 2 aromatic rings. The van der Waals surface area contributed by atoms with Crippen molar-refractivity contribution in [3.05, 3.63) is 48.2 Å². The molecule has 0 saturated heterocycles. The molecule has 0 aliphatic rings. The molecule has 0 amide bonds. The zero-order chi connectivity index (χ0) is 15.1. The van der Waals surface area contributed by atoms with E-state index in [0.717, 1.165) is 24.3 Å². The summed E-state index contributed by atoms with van der Waals surface area (Å²) in [6, 6.07) is 11.7. The van der Waals surface area contributed by atoms with Gasteiger partial charge in [-0.05, 0) is 43.7 Å². The van der Waals surface area contributed by atoms with Gasteiger partial charge in [0.15, 0.2) is 0 Å². The predicted molar refractivity (Wildman–Crippen MR) is 84.0 cm³/mol. The first-order valence-electron chi connectivity index (χ1n) is 7.24. The minimum Gasteiger partial charge on any atom is -0.497 e. The second kappa shape index (κ2) is 7.64. The minimum absolute atomic E-state index is 0.278. The van der Waals surface area contributed by atoms with Crippen LogP contribution in [0.2, 0.25) is 0 Å². The summed E-state index contributed by atoms with van der Waals surface area (Å²) in [5.74, 6) is 2.07. The van der Waals surface area contributed by atoms with Crippen molar-refractivity contribution >= 4 is 0 Å². The van der Waals surface area contributed by atoms with E-state index in [1.807, 2.05) is 36.4 Å². The molecule has 0 bridgehead atoms. The summed E-state index contributed by atoms with van der Waals surface area (Å²) in [5, 5.41) is 3.45. The van der Waals surface area contributed by atoms with Gasteiger partial charge in [0.05, 0.1) is 7.11 Å². The van der Waals surface area contributed by atoms with Crippen LogP contribution >= 0.6 is 0 Å². The maximum Gasteiger partial charge on any atom is 0.219 e. The summed E-state index contributed by atoms with van der Waals surface area (Å²) in [5.41, 5.74) is 1.16. The smallest absolute Gasteiger partial charge is 0.219 e. The average molecular weight is 286 g/mol. The van der Waals surface area contributed by atoms with Crippen molar-refractivity contribution < 1.29 is 9.47 Å². The van der Waals surface area contributed by atoms with Crippen LogP contribution in [0.1, 0.15) is 31.9 Å². The van der Waals surface area contributed by atoms with Crippen molar-refractivity contribution in [2.24, 2.45) is 0 Å². The third-order valence-electron chi connectivity index (χ3n) is 3.22. The van der Waals surface area contributed by atoms with Gasteiger partial charge >= 0.3 is 0 Å². The zero-order valence-electron chi connectivity index (χ0n) is 12.8. The number of pyridine rings is 1. The lowest BCUT2D eigenvalue weighted by atomic mass is 10.1. The van der Waals surface area contributed by atoms with E-state index in [-0.39, 0.29) is 6.04 Å². The van der Waals surface area contributed by atoms with E-state index in [1.54, 1.807) is 13.3 Å². The van der Waals surface area contributed by atoms with E-state index in [0.29, 0.717) is 11.6 Å². The maximum atomic E-state index is 5.80. The fourth-order valence-corrected chi connectivity index (χ4v) is 2.01. The van der Waals surface area contributed by atoms with Crippen molar-refractivity contribution in [1.29, 1.82) is 0 Å². The van der Waals surface area contributed by atoms with E-state index < -0.39 is 0 Å². The molecule has 2 rings (SSSR count). The van der Waals surface area contributed by atoms with Crippen LogP contribution in [0.3, 0.4) is 0 Å². The van der Waals surface area contributed by atoms with Crippen molar-refractivity contribution in [3.8, 4) is 17.4 Å². The number of aromatic nitrogens is 1. The normalized spacial score (nSPS) is 12.0. The highest BCUT2D eigenvalue weighted by molar-refractivity contribution is 5.36. The van der Waals surface area contributed by atoms with E-state index in [1.165, 1.54) is 0 Å². The lowest BCUT2D eigenvalue weighted by Crippen LogP contribution is -2.19. The highest BCUT2D eigenvalue weighted by Gasteiger charge is 2.07. The molecular formula is C17H22N2O2. The number of hydrogen-bond acceptors (Lipinski definition) is 4. The molecule has 0 spiro atoms. The van der Waals surface area contributed by atoms with Crippen LogP contribution in [0, 0.1) is 0 Å². The topological polar surface area (TPSA) is 43.4 Å². The Labute approximate surface area is 126 Å². The first kappa shape index (κ1) is 15.3. The average Bonchev–Trinajstić information content (AvgIpc) is 2.53. The van der Waals surface area contributed by atoms with Gasteiger partial charge < -0.3 is 14.8 Å². The van der Waals surface area contributed by atoms with Gasteiger partial charge in [0.25, 0.3) is 0 Å². The Bertz CT molecular complexity index is 572. The van der Waals surface area contributed by atoms with Gasteiger partial charge in [-0.3, -0.25) is 0 Å². The molecule has 0 aliphatic carbocycles. The van der Waals surface area contributed by atoms with E-state index in [9.17, 15) is 0 Å². The van der Waals surface area contributed by atoms with Gasteiger partial charge in [-0.25, -0.2) is 4.98 Å². The molecule has 21 heavy (non-hydrogen) atoms. The molecule has 4 heteroatoms. The van der Waals surface area contributed by atoms with Crippen molar-refractivity contribution in [3.63, 3.8) is 0 Å². The summed E-state index contributed by atoms with van der Waals surface area (Å²) in [6.07, 6.45) is 2.89. The molecule has 0 fully saturated rings. The number of nitrogens with one attached hydrogen (secondary N) is 1. The number of ether oxygens (including phenoxy) is 2. The van der Waals surface area contributed by atoms with E-state index in [4.69, 9.17) is 9.47 Å². The Hall–Kier alpha value is -2.07. The fraction of sp³-hybridized carbons (Fsp3) is 0.353. The quantitative estimate of drug-likeness (QED) is 0.837. The van der Waals surface area contributed by atoms with Crippen LogP contribution in [0.5, 0.6) is 17.4 Å². The van der Waals surface area contributed by atoms with E-state index in [2.05, 4.69) is 24.1 Å². The van der Waals surface area contributed by atoms with Gasteiger partial charge in [0.1, 0.15) is 11.5 Å². The van der Waals surface area contributed by atoms with Gasteiger partial charge in [-0.2, -0.15) is 0 Å². The van der Waals surface area contributed by atoms with Gasteiger partial charge in [-0.1, -0.05) is 13.0 Å². The lowest BCUT2D eigenvalue weighted by Gasteiger charge is -2.14. The largest absolute Gasteiger partial charge is 0.497 e. The summed E-state index contributed by atoms with van der Waals surface area (Å²) in [6.45, 7) is 5.29. The van der Waals surface area contributed by atoms with Crippen LogP contribution in [0.25, 0.3) is 0 Å². The molecule has 1 atom stereocenters. The number of nitrogens with zero attached hydrogens (tertiary/aromatic N) is 1. The molecule has 1 heterocycles. The van der Waals surface area contributed by atoms with Crippen LogP contribution in [0.4, 0.5) is 0 Å². The molecule has 0 saturated carbocycles. The lowest BCUT2D eigenvalue weighted by molar-refractivity contribution is 0.407. The number of rotatable bonds is 7. The molecule has 112 valence electrons. The van der Waals surface area contributed by atoms with Crippen LogP contribution in [-0.4, -0.2) is 18.6 Å². The predicted octanol–water partition coefficient (Wildman–Crippen LogP) is 3.94. The van der Waals surface area contributed by atoms with Crippen LogP contribution in [0.15, 0.2) is 42.6 Å². The maximum absolute atomic E-state index is 5.80. The second-order valence-corrected chi connectivity index (χ2v) is 4.88. The fourth-order valence-electron chi connectivity index (χ4n) is 2.01. The van der Waals surface area contributed by atoms with Gasteiger partial charge in [0.2, 0.25) is 5.88 Å². The van der Waals surface area contributed by atoms with Crippen molar-refractivity contribution in [1.82, 2.24) is 10.3 Å². The van der Waals surface area contributed by atoms with Crippen molar-refractivity contribution in [2.75, 3.05) is 13.7 Å². The summed E-state index contributed by atoms with van der Waals surface area (Å²) >= 11 is 0. The van der Waals surface area contributed by atoms with Gasteiger partial charge in [0, 0.05) is 24.4 Å². The third-order valence-corrected chi connectivity index (χ3v) is 3.22. The molecule has 1 aromatic heterocycles. The minimum atomic E-state index is 0.278. The Kier molecular flexibility index (Phi) is 5.58. The monoisotopic (exact) mass is 286 g/mol. The highest BCUT2D eigenvalue weighted by Crippen LogP contribution is 2.25. The molecular weight excluding hydrogens is 264 g/mol. The Morgan fingerprint density at radius 1 is 1.19 bits per heavy atom. The molecule has 0 radical (unpaired) electrons. The molecule has 0 aliphatic heterocycles. The summed E-state index contributed by atoms with van der Waals surface area (Å²) < 4.78 is 11.0. The molecule has 1 unspecified atom stereocenters. The molecule has 4 nitrogen and oxygen atoms in total. The number of benzene rings is 1. The Morgan fingerprint density at radius 2 is 2.00 bits per heavy atom. The number of hydrogen-bond donors (Lipinski definition) is 1. The first-order chi connectivity index (χ1) is 10.2. The highest BCUT2D eigenvalue weighted by atomic mass is 16.5. The van der Waals surface area contributed by atoms with Gasteiger partial charge in [-0.15, -0.1) is 0 Å².